The van der Waals surface area contributed by atoms with Crippen LogP contribution in [0.25, 0.3) is 12.2 Å². The number of hydrogen-bond acceptors (Lipinski definition) is 1. The molecule has 0 aliphatic heterocycles. The predicted octanol–water partition coefficient (Wildman–Crippen LogP) is 4.42. The van der Waals surface area contributed by atoms with Crippen molar-refractivity contribution in [2.45, 2.75) is 47.5 Å². The van der Waals surface area contributed by atoms with Crippen LogP contribution in [0, 0.1) is 0 Å². The van der Waals surface area contributed by atoms with Gasteiger partial charge in [-0.15, -0.1) is 0 Å². The van der Waals surface area contributed by atoms with E-state index >= 15 is 0 Å². The standard InChI is InChI=1S/C24H32N2O/c1-7-12-23-21(15-16-25-23)17-20(9-3)19(6)13-11-14-22(18(5)8-2)26-24(27)10-4/h9-17,25H,4,7-8H2,1-3,5-6H3,(H,26,27)/b14-11-,19-13+,20-9+,21-17-,22-18-,23-12-. The van der Waals surface area contributed by atoms with Crippen molar-refractivity contribution in [2.24, 2.45) is 0 Å². The van der Waals surface area contributed by atoms with Crippen LogP contribution in [0.1, 0.15) is 47.5 Å². The topological polar surface area (TPSA) is 44.9 Å². The molecule has 144 valence electrons. The third-order valence-corrected chi connectivity index (χ3v) is 4.34. The Kier molecular flexibility index (Phi) is 9.66. The van der Waals surface area contributed by atoms with Gasteiger partial charge < -0.3 is 10.3 Å². The molecule has 0 atom stereocenters. The lowest BCUT2D eigenvalue weighted by atomic mass is 10.1. The Labute approximate surface area is 163 Å². The van der Waals surface area contributed by atoms with Gasteiger partial charge in [0.25, 0.3) is 0 Å². The molecular formula is C24H32N2O. The Morgan fingerprint density at radius 2 is 2.04 bits per heavy atom. The lowest BCUT2D eigenvalue weighted by Crippen LogP contribution is -2.22. The van der Waals surface area contributed by atoms with Crippen LogP contribution in [0.2, 0.25) is 0 Å². The van der Waals surface area contributed by atoms with Crippen molar-refractivity contribution >= 4 is 18.1 Å². The molecule has 3 nitrogen and oxygen atoms in total. The van der Waals surface area contributed by atoms with Gasteiger partial charge in [-0.2, -0.15) is 0 Å². The molecule has 0 radical (unpaired) electrons. The Balaban J connectivity index is 3.13. The number of amides is 1. The van der Waals surface area contributed by atoms with E-state index in [0.29, 0.717) is 0 Å². The highest BCUT2D eigenvalue weighted by Crippen LogP contribution is 2.12. The first-order valence-electron chi connectivity index (χ1n) is 9.46. The normalized spacial score (nSPS) is 15.3. The van der Waals surface area contributed by atoms with Gasteiger partial charge in [-0.3, -0.25) is 4.79 Å². The fourth-order valence-corrected chi connectivity index (χ4v) is 2.54. The van der Waals surface area contributed by atoms with Crippen molar-refractivity contribution in [3.63, 3.8) is 0 Å². The number of aromatic amines is 1. The highest BCUT2D eigenvalue weighted by Gasteiger charge is 2.01. The van der Waals surface area contributed by atoms with Crippen LogP contribution in [-0.4, -0.2) is 10.9 Å². The summed E-state index contributed by atoms with van der Waals surface area (Å²) in [5.74, 6) is -0.196. The molecule has 0 aliphatic rings. The highest BCUT2D eigenvalue weighted by atomic mass is 16.1. The third kappa shape index (κ3) is 7.14. The first-order valence-corrected chi connectivity index (χ1v) is 9.46. The molecule has 1 aromatic rings. The van der Waals surface area contributed by atoms with Gasteiger partial charge in [0.15, 0.2) is 0 Å². The van der Waals surface area contributed by atoms with E-state index in [1.807, 2.05) is 32.2 Å². The molecule has 0 fully saturated rings. The summed E-state index contributed by atoms with van der Waals surface area (Å²) in [6.07, 6.45) is 17.6. The highest BCUT2D eigenvalue weighted by molar-refractivity contribution is 5.88. The Morgan fingerprint density at radius 3 is 2.63 bits per heavy atom. The van der Waals surface area contributed by atoms with E-state index in [1.165, 1.54) is 11.3 Å². The first kappa shape index (κ1) is 22.2. The van der Waals surface area contributed by atoms with Crippen molar-refractivity contribution in [3.8, 4) is 0 Å². The second kappa shape index (κ2) is 11.7. The van der Waals surface area contributed by atoms with Crippen molar-refractivity contribution < 1.29 is 4.79 Å². The minimum Gasteiger partial charge on any atom is -0.361 e. The summed E-state index contributed by atoms with van der Waals surface area (Å²) < 4.78 is 0. The maximum atomic E-state index is 11.6. The van der Waals surface area contributed by atoms with Gasteiger partial charge in [0.1, 0.15) is 0 Å². The SMILES string of the molecule is C=CC(=O)NC(/C=C\C=C(C)\C(\C=c1\cc[nH]\c1=C/CC)=C\C)=C(/C)CC. The Morgan fingerprint density at radius 1 is 1.30 bits per heavy atom. The van der Waals surface area contributed by atoms with E-state index in [-0.39, 0.29) is 5.91 Å². The largest absolute Gasteiger partial charge is 0.361 e. The van der Waals surface area contributed by atoms with Crippen molar-refractivity contribution in [1.29, 1.82) is 0 Å². The molecular weight excluding hydrogens is 332 g/mol. The molecule has 1 aromatic heterocycles. The number of aromatic nitrogens is 1. The monoisotopic (exact) mass is 364 g/mol. The van der Waals surface area contributed by atoms with Crippen LogP contribution >= 0.6 is 0 Å². The van der Waals surface area contributed by atoms with Crippen molar-refractivity contribution in [3.05, 3.63) is 82.2 Å². The van der Waals surface area contributed by atoms with E-state index in [9.17, 15) is 4.79 Å². The average Bonchev–Trinajstić information content (AvgIpc) is 3.11. The molecule has 0 saturated carbocycles. The smallest absolute Gasteiger partial charge is 0.247 e. The second-order valence-corrected chi connectivity index (χ2v) is 6.30. The molecule has 0 spiro atoms. The zero-order valence-electron chi connectivity index (χ0n) is 17.2. The number of hydrogen-bond donors (Lipinski definition) is 2. The maximum Gasteiger partial charge on any atom is 0.247 e. The first-order chi connectivity index (χ1) is 13.0. The van der Waals surface area contributed by atoms with E-state index in [2.05, 4.69) is 68.0 Å². The van der Waals surface area contributed by atoms with Gasteiger partial charge in [0.2, 0.25) is 5.91 Å². The second-order valence-electron chi connectivity index (χ2n) is 6.30. The van der Waals surface area contributed by atoms with Crippen LogP contribution in [-0.2, 0) is 4.79 Å². The molecule has 0 aromatic carbocycles. The number of carbonyl (C=O) groups is 1. The summed E-state index contributed by atoms with van der Waals surface area (Å²) in [6, 6.07) is 2.09. The summed E-state index contributed by atoms with van der Waals surface area (Å²) >= 11 is 0. The number of carbonyl (C=O) groups excluding carboxylic acids is 1. The maximum absolute atomic E-state index is 11.6. The number of H-pyrrole nitrogens is 1. The molecule has 0 aliphatic carbocycles. The number of nitrogens with one attached hydrogen (secondary N) is 2. The van der Waals surface area contributed by atoms with Gasteiger partial charge in [0, 0.05) is 17.2 Å². The molecule has 27 heavy (non-hydrogen) atoms. The Bertz CT molecular complexity index is 889. The lowest BCUT2D eigenvalue weighted by Gasteiger charge is -2.07. The number of allylic oxidation sites excluding steroid dienone is 7. The number of rotatable bonds is 8. The third-order valence-electron chi connectivity index (χ3n) is 4.34. The fraction of sp³-hybridized carbons (Fsp3) is 0.292. The van der Waals surface area contributed by atoms with Gasteiger partial charge in [-0.25, -0.2) is 0 Å². The minimum absolute atomic E-state index is 0.196. The van der Waals surface area contributed by atoms with Crippen LogP contribution in [0.4, 0.5) is 0 Å². The summed E-state index contributed by atoms with van der Waals surface area (Å²) in [5.41, 5.74) is 4.26. The molecule has 0 saturated heterocycles. The zero-order valence-corrected chi connectivity index (χ0v) is 17.2. The Hall–Kier alpha value is -2.81. The molecule has 1 heterocycles. The molecule has 1 amide bonds. The molecule has 0 bridgehead atoms. The summed E-state index contributed by atoms with van der Waals surface area (Å²) in [5, 5.41) is 5.20. The molecule has 3 heteroatoms. The van der Waals surface area contributed by atoms with Crippen LogP contribution in [0.3, 0.4) is 0 Å². The van der Waals surface area contributed by atoms with Gasteiger partial charge in [0.05, 0.1) is 0 Å². The van der Waals surface area contributed by atoms with Gasteiger partial charge >= 0.3 is 0 Å². The van der Waals surface area contributed by atoms with E-state index in [0.717, 1.165) is 40.6 Å². The average molecular weight is 365 g/mol. The van der Waals surface area contributed by atoms with Crippen LogP contribution in [0.15, 0.2) is 71.6 Å². The molecule has 2 N–H and O–H groups in total. The summed E-state index contributed by atoms with van der Waals surface area (Å²) in [4.78, 5) is 14.9. The lowest BCUT2D eigenvalue weighted by molar-refractivity contribution is -0.115. The van der Waals surface area contributed by atoms with Crippen LogP contribution < -0.4 is 15.9 Å². The van der Waals surface area contributed by atoms with Crippen molar-refractivity contribution in [2.75, 3.05) is 0 Å². The summed E-state index contributed by atoms with van der Waals surface area (Å²) in [6.45, 7) is 13.9. The molecule has 1 rings (SSSR count). The predicted molar refractivity (Wildman–Crippen MR) is 117 cm³/mol. The van der Waals surface area contributed by atoms with E-state index in [1.54, 1.807) is 0 Å². The van der Waals surface area contributed by atoms with Gasteiger partial charge in [-0.05, 0) is 79.8 Å². The van der Waals surface area contributed by atoms with Gasteiger partial charge in [-0.1, -0.05) is 44.7 Å². The zero-order chi connectivity index (χ0) is 20.2. The van der Waals surface area contributed by atoms with E-state index in [4.69, 9.17) is 0 Å². The molecule has 0 unspecified atom stereocenters. The van der Waals surface area contributed by atoms with Crippen LogP contribution in [0.5, 0.6) is 0 Å². The van der Waals surface area contributed by atoms with E-state index < -0.39 is 0 Å². The fourth-order valence-electron chi connectivity index (χ4n) is 2.54. The summed E-state index contributed by atoms with van der Waals surface area (Å²) in [7, 11) is 0. The van der Waals surface area contributed by atoms with Crippen molar-refractivity contribution in [1.82, 2.24) is 10.3 Å². The minimum atomic E-state index is -0.196. The quantitative estimate of drug-likeness (QED) is 0.520.